The van der Waals surface area contributed by atoms with Crippen LogP contribution in [0.15, 0.2) is 12.1 Å². The van der Waals surface area contributed by atoms with E-state index in [1.165, 1.54) is 11.1 Å². The molecule has 0 radical (unpaired) electrons. The summed E-state index contributed by atoms with van der Waals surface area (Å²) < 4.78 is 5.58. The molecule has 16 heavy (non-hydrogen) atoms. The summed E-state index contributed by atoms with van der Waals surface area (Å²) in [5, 5.41) is 0. The standard InChI is InChI=1S/C14H23NO/c1-6-14(5,15)12-8-11(4)13(16-7-2)9-10(12)3/h8-9H,6-7,15H2,1-5H3. The van der Waals surface area contributed by atoms with Gasteiger partial charge in [-0.2, -0.15) is 0 Å². The van der Waals surface area contributed by atoms with Gasteiger partial charge in [0.2, 0.25) is 0 Å². The van der Waals surface area contributed by atoms with E-state index in [0.29, 0.717) is 6.61 Å². The fourth-order valence-corrected chi connectivity index (χ4v) is 1.91. The molecule has 0 fully saturated rings. The lowest BCUT2D eigenvalue weighted by Gasteiger charge is -2.26. The van der Waals surface area contributed by atoms with E-state index in [2.05, 4.69) is 39.8 Å². The Bertz CT molecular complexity index is 369. The molecule has 2 heteroatoms. The van der Waals surface area contributed by atoms with Crippen LogP contribution >= 0.6 is 0 Å². The second-order valence-electron chi connectivity index (χ2n) is 4.64. The van der Waals surface area contributed by atoms with Crippen LogP contribution < -0.4 is 10.5 Å². The molecule has 0 saturated carbocycles. The third kappa shape index (κ3) is 2.56. The molecule has 90 valence electrons. The molecule has 0 aromatic heterocycles. The number of rotatable bonds is 4. The van der Waals surface area contributed by atoms with E-state index in [9.17, 15) is 0 Å². The summed E-state index contributed by atoms with van der Waals surface area (Å²) in [5.41, 5.74) is 9.63. The molecule has 0 amide bonds. The Labute approximate surface area is 98.8 Å². The SMILES string of the molecule is CCOc1cc(C)c(C(C)(N)CC)cc1C. The van der Waals surface area contributed by atoms with Gasteiger partial charge in [-0.25, -0.2) is 0 Å². The van der Waals surface area contributed by atoms with Gasteiger partial charge in [0.1, 0.15) is 5.75 Å². The smallest absolute Gasteiger partial charge is 0.122 e. The summed E-state index contributed by atoms with van der Waals surface area (Å²) in [6.07, 6.45) is 0.932. The molecule has 0 saturated heterocycles. The lowest BCUT2D eigenvalue weighted by atomic mass is 9.86. The van der Waals surface area contributed by atoms with E-state index in [4.69, 9.17) is 10.5 Å². The van der Waals surface area contributed by atoms with E-state index in [1.54, 1.807) is 0 Å². The molecule has 0 bridgehead atoms. The molecule has 2 nitrogen and oxygen atoms in total. The van der Waals surface area contributed by atoms with Crippen LogP contribution in [0.5, 0.6) is 5.75 Å². The zero-order chi connectivity index (χ0) is 12.3. The van der Waals surface area contributed by atoms with Crippen molar-refractivity contribution >= 4 is 0 Å². The third-order valence-electron chi connectivity index (χ3n) is 3.17. The van der Waals surface area contributed by atoms with E-state index in [-0.39, 0.29) is 5.54 Å². The van der Waals surface area contributed by atoms with Gasteiger partial charge >= 0.3 is 0 Å². The highest BCUT2D eigenvalue weighted by Gasteiger charge is 2.21. The molecule has 1 rings (SSSR count). The van der Waals surface area contributed by atoms with Crippen molar-refractivity contribution in [2.45, 2.75) is 46.6 Å². The second-order valence-corrected chi connectivity index (χ2v) is 4.64. The van der Waals surface area contributed by atoms with Gasteiger partial charge in [0.05, 0.1) is 6.61 Å². The maximum atomic E-state index is 6.29. The van der Waals surface area contributed by atoms with Crippen LogP contribution in [0.1, 0.15) is 43.9 Å². The van der Waals surface area contributed by atoms with Gasteiger partial charge in [-0.1, -0.05) is 13.0 Å². The van der Waals surface area contributed by atoms with E-state index in [1.807, 2.05) is 6.92 Å². The van der Waals surface area contributed by atoms with Crippen LogP contribution in [0.3, 0.4) is 0 Å². The van der Waals surface area contributed by atoms with Crippen LogP contribution in [0, 0.1) is 13.8 Å². The summed E-state index contributed by atoms with van der Waals surface area (Å²) in [5.74, 6) is 0.968. The van der Waals surface area contributed by atoms with E-state index in [0.717, 1.165) is 17.7 Å². The van der Waals surface area contributed by atoms with Gasteiger partial charge in [-0.3, -0.25) is 0 Å². The molecule has 0 spiro atoms. The van der Waals surface area contributed by atoms with Crippen molar-refractivity contribution in [2.75, 3.05) is 6.61 Å². The van der Waals surface area contributed by atoms with Gasteiger partial charge in [-0.05, 0) is 56.9 Å². The lowest BCUT2D eigenvalue weighted by molar-refractivity contribution is 0.337. The van der Waals surface area contributed by atoms with Crippen LogP contribution in [-0.4, -0.2) is 6.61 Å². The fraction of sp³-hybridized carbons (Fsp3) is 0.571. The highest BCUT2D eigenvalue weighted by Crippen LogP contribution is 2.30. The number of ether oxygens (including phenoxy) is 1. The molecule has 1 aromatic rings. The first kappa shape index (κ1) is 13.0. The highest BCUT2D eigenvalue weighted by atomic mass is 16.5. The van der Waals surface area contributed by atoms with Crippen LogP contribution in [0.2, 0.25) is 0 Å². The summed E-state index contributed by atoms with van der Waals surface area (Å²) in [6.45, 7) is 11.1. The Balaban J connectivity index is 3.20. The fourth-order valence-electron chi connectivity index (χ4n) is 1.91. The largest absolute Gasteiger partial charge is 0.494 e. The summed E-state index contributed by atoms with van der Waals surface area (Å²) in [4.78, 5) is 0. The Hall–Kier alpha value is -1.02. The minimum absolute atomic E-state index is 0.250. The third-order valence-corrected chi connectivity index (χ3v) is 3.17. The second kappa shape index (κ2) is 4.88. The van der Waals surface area contributed by atoms with Crippen molar-refractivity contribution < 1.29 is 4.74 Å². The van der Waals surface area contributed by atoms with Gasteiger partial charge < -0.3 is 10.5 Å². The maximum absolute atomic E-state index is 6.29. The number of benzene rings is 1. The molecule has 1 aromatic carbocycles. The zero-order valence-electron chi connectivity index (χ0n) is 11.1. The number of hydrogen-bond donors (Lipinski definition) is 1. The van der Waals surface area contributed by atoms with Crippen molar-refractivity contribution in [1.82, 2.24) is 0 Å². The minimum Gasteiger partial charge on any atom is -0.494 e. The minimum atomic E-state index is -0.250. The van der Waals surface area contributed by atoms with Gasteiger partial charge in [0.25, 0.3) is 0 Å². The first-order valence-corrected chi connectivity index (χ1v) is 5.95. The Morgan fingerprint density at radius 2 is 1.81 bits per heavy atom. The number of nitrogens with two attached hydrogens (primary N) is 1. The first-order valence-electron chi connectivity index (χ1n) is 5.95. The molecule has 0 heterocycles. The van der Waals surface area contributed by atoms with Crippen molar-refractivity contribution in [2.24, 2.45) is 5.73 Å². The topological polar surface area (TPSA) is 35.2 Å². The molecule has 0 aliphatic heterocycles. The van der Waals surface area contributed by atoms with E-state index < -0.39 is 0 Å². The van der Waals surface area contributed by atoms with Crippen LogP contribution in [0.25, 0.3) is 0 Å². The molecule has 2 N–H and O–H groups in total. The predicted octanol–water partition coefficient (Wildman–Crippen LogP) is 3.29. The highest BCUT2D eigenvalue weighted by molar-refractivity contribution is 5.44. The zero-order valence-corrected chi connectivity index (χ0v) is 11.1. The molecule has 0 aliphatic carbocycles. The summed E-state index contributed by atoms with van der Waals surface area (Å²) in [6, 6.07) is 4.25. The Morgan fingerprint density at radius 1 is 1.19 bits per heavy atom. The van der Waals surface area contributed by atoms with Crippen LogP contribution in [0.4, 0.5) is 0 Å². The van der Waals surface area contributed by atoms with Crippen molar-refractivity contribution in [3.63, 3.8) is 0 Å². The molecular weight excluding hydrogens is 198 g/mol. The maximum Gasteiger partial charge on any atom is 0.122 e. The first-order chi connectivity index (χ1) is 7.42. The van der Waals surface area contributed by atoms with Crippen LogP contribution in [-0.2, 0) is 5.54 Å². The van der Waals surface area contributed by atoms with Crippen molar-refractivity contribution in [3.05, 3.63) is 28.8 Å². The molecular formula is C14H23NO. The Kier molecular flexibility index (Phi) is 3.98. The Morgan fingerprint density at radius 3 is 2.31 bits per heavy atom. The summed E-state index contributed by atoms with van der Waals surface area (Å²) in [7, 11) is 0. The molecule has 0 aliphatic rings. The number of aryl methyl sites for hydroxylation is 2. The molecule has 1 atom stereocenters. The monoisotopic (exact) mass is 221 g/mol. The number of hydrogen-bond acceptors (Lipinski definition) is 2. The van der Waals surface area contributed by atoms with Gasteiger partial charge in [0, 0.05) is 5.54 Å². The predicted molar refractivity (Wildman–Crippen MR) is 68.9 cm³/mol. The quantitative estimate of drug-likeness (QED) is 0.846. The van der Waals surface area contributed by atoms with Gasteiger partial charge in [-0.15, -0.1) is 0 Å². The normalized spacial score (nSPS) is 14.6. The molecule has 1 unspecified atom stereocenters. The van der Waals surface area contributed by atoms with Gasteiger partial charge in [0.15, 0.2) is 0 Å². The van der Waals surface area contributed by atoms with Crippen molar-refractivity contribution in [1.29, 1.82) is 0 Å². The van der Waals surface area contributed by atoms with Crippen molar-refractivity contribution in [3.8, 4) is 5.75 Å². The average molecular weight is 221 g/mol. The van der Waals surface area contributed by atoms with E-state index >= 15 is 0 Å². The average Bonchev–Trinajstić information content (AvgIpc) is 2.23. The lowest BCUT2D eigenvalue weighted by Crippen LogP contribution is -2.32. The summed E-state index contributed by atoms with van der Waals surface area (Å²) >= 11 is 0.